The molecule has 5 atom stereocenters. The van der Waals surface area contributed by atoms with Crippen molar-refractivity contribution in [3.05, 3.63) is 0 Å². The molecular formula is C9H18O6. The summed E-state index contributed by atoms with van der Waals surface area (Å²) in [6.07, 6.45) is -3.70. The van der Waals surface area contributed by atoms with Crippen LogP contribution in [0.15, 0.2) is 0 Å². The van der Waals surface area contributed by atoms with E-state index >= 15 is 0 Å². The van der Waals surface area contributed by atoms with Crippen LogP contribution in [0.25, 0.3) is 0 Å². The molecule has 1 rings (SSSR count). The minimum absolute atomic E-state index is 0.228. The molecule has 0 aliphatic carbocycles. The lowest BCUT2D eigenvalue weighted by Crippen LogP contribution is -2.46. The number of hydrogen-bond donors (Lipinski definition) is 3. The molecule has 1 heterocycles. The third-order valence-electron chi connectivity index (χ3n) is 2.26. The van der Waals surface area contributed by atoms with Crippen LogP contribution in [0.3, 0.4) is 0 Å². The zero-order valence-corrected chi connectivity index (χ0v) is 8.87. The lowest BCUT2D eigenvalue weighted by molar-refractivity contribution is -0.289. The van der Waals surface area contributed by atoms with Crippen LogP contribution < -0.4 is 0 Å². The van der Waals surface area contributed by atoms with E-state index in [0.717, 1.165) is 0 Å². The topological polar surface area (TPSA) is 88.4 Å². The minimum Gasteiger partial charge on any atom is -0.393 e. The molecule has 0 aromatic carbocycles. The van der Waals surface area contributed by atoms with Crippen LogP contribution in [-0.2, 0) is 14.2 Å². The van der Waals surface area contributed by atoms with E-state index in [1.165, 1.54) is 0 Å². The molecule has 2 unspecified atom stereocenters. The van der Waals surface area contributed by atoms with Gasteiger partial charge in [-0.25, -0.2) is 0 Å². The first-order chi connectivity index (χ1) is 7.04. The van der Waals surface area contributed by atoms with Gasteiger partial charge >= 0.3 is 0 Å². The van der Waals surface area contributed by atoms with Crippen LogP contribution >= 0.6 is 0 Å². The molecule has 1 fully saturated rings. The fourth-order valence-corrected chi connectivity index (χ4v) is 1.30. The number of hydrogen-bond acceptors (Lipinski definition) is 6. The fraction of sp³-hybridized carbons (Fsp3) is 1.00. The maximum Gasteiger partial charge on any atom is 0.183 e. The lowest BCUT2D eigenvalue weighted by Gasteiger charge is -2.34. The van der Waals surface area contributed by atoms with E-state index in [4.69, 9.17) is 24.4 Å². The molecule has 90 valence electrons. The second kappa shape index (κ2) is 5.74. The Morgan fingerprint density at radius 2 is 2.07 bits per heavy atom. The summed E-state index contributed by atoms with van der Waals surface area (Å²) in [4.78, 5) is 0. The van der Waals surface area contributed by atoms with Crippen LogP contribution in [0.1, 0.15) is 13.8 Å². The molecule has 6 heteroatoms. The zero-order chi connectivity index (χ0) is 11.4. The van der Waals surface area contributed by atoms with E-state index in [1.807, 2.05) is 0 Å². The number of aliphatic hydroxyl groups excluding tert-OH is 3. The normalized spacial score (nSPS) is 36.2. The quantitative estimate of drug-likeness (QED) is 0.519. The molecule has 3 N–H and O–H groups in total. The molecule has 0 aromatic heterocycles. The van der Waals surface area contributed by atoms with E-state index in [0.29, 0.717) is 0 Å². The molecule has 1 aliphatic heterocycles. The third-order valence-corrected chi connectivity index (χ3v) is 2.26. The maximum atomic E-state index is 9.31. The van der Waals surface area contributed by atoms with Crippen molar-refractivity contribution in [3.63, 3.8) is 0 Å². The second-order valence-electron chi connectivity index (χ2n) is 3.56. The van der Waals surface area contributed by atoms with Crippen molar-refractivity contribution in [2.24, 2.45) is 0 Å². The average Bonchev–Trinajstić information content (AvgIpc) is 2.20. The van der Waals surface area contributed by atoms with Gasteiger partial charge in [-0.2, -0.15) is 0 Å². The van der Waals surface area contributed by atoms with Crippen molar-refractivity contribution >= 4 is 0 Å². The van der Waals surface area contributed by atoms with Crippen molar-refractivity contribution in [1.82, 2.24) is 0 Å². The van der Waals surface area contributed by atoms with E-state index in [2.05, 4.69) is 0 Å². The highest BCUT2D eigenvalue weighted by Crippen LogP contribution is 2.16. The van der Waals surface area contributed by atoms with Crippen molar-refractivity contribution < 1.29 is 29.5 Å². The van der Waals surface area contributed by atoms with Crippen LogP contribution in [0.4, 0.5) is 0 Å². The van der Waals surface area contributed by atoms with Gasteiger partial charge < -0.3 is 29.5 Å². The van der Waals surface area contributed by atoms with Gasteiger partial charge in [0.2, 0.25) is 0 Å². The number of aliphatic hydroxyl groups is 3. The molecule has 6 nitrogen and oxygen atoms in total. The van der Waals surface area contributed by atoms with Gasteiger partial charge in [-0.15, -0.1) is 0 Å². The molecule has 1 aliphatic rings. The Kier molecular flexibility index (Phi) is 4.91. The Morgan fingerprint density at radius 1 is 1.40 bits per heavy atom. The van der Waals surface area contributed by atoms with Gasteiger partial charge in [0.1, 0.15) is 12.2 Å². The predicted octanol–water partition coefficient (Wildman–Crippen LogP) is -1.18. The largest absolute Gasteiger partial charge is 0.393 e. The first-order valence-corrected chi connectivity index (χ1v) is 4.94. The molecule has 0 radical (unpaired) electrons. The van der Waals surface area contributed by atoms with Crippen molar-refractivity contribution in [2.45, 2.75) is 44.7 Å². The molecule has 1 saturated heterocycles. The van der Waals surface area contributed by atoms with Gasteiger partial charge in [0, 0.05) is 0 Å². The SMILES string of the molecule is CC1OCC(O[C@H](O)[C@H](O)CO)[C@H](C)O1. The van der Waals surface area contributed by atoms with Crippen molar-refractivity contribution in [2.75, 3.05) is 13.2 Å². The summed E-state index contributed by atoms with van der Waals surface area (Å²) in [5, 5.41) is 27.0. The fourth-order valence-electron chi connectivity index (χ4n) is 1.30. The van der Waals surface area contributed by atoms with Crippen LogP contribution in [0, 0.1) is 0 Å². The highest BCUT2D eigenvalue weighted by atomic mass is 16.7. The van der Waals surface area contributed by atoms with Crippen molar-refractivity contribution in [1.29, 1.82) is 0 Å². The van der Waals surface area contributed by atoms with Crippen LogP contribution in [0.2, 0.25) is 0 Å². The first-order valence-electron chi connectivity index (χ1n) is 4.94. The summed E-state index contributed by atoms with van der Waals surface area (Å²) in [6, 6.07) is 0. The number of rotatable bonds is 4. The van der Waals surface area contributed by atoms with Crippen LogP contribution in [0.5, 0.6) is 0 Å². The van der Waals surface area contributed by atoms with Gasteiger partial charge in [-0.3, -0.25) is 0 Å². The monoisotopic (exact) mass is 222 g/mol. The summed E-state index contributed by atoms with van der Waals surface area (Å²) in [6.45, 7) is 3.30. The summed E-state index contributed by atoms with van der Waals surface area (Å²) in [5.74, 6) is 0. The third kappa shape index (κ3) is 3.67. The van der Waals surface area contributed by atoms with E-state index in [9.17, 15) is 5.11 Å². The first kappa shape index (κ1) is 12.8. The summed E-state index contributed by atoms with van der Waals surface area (Å²) < 4.78 is 15.6. The van der Waals surface area contributed by atoms with Gasteiger partial charge in [0.25, 0.3) is 0 Å². The second-order valence-corrected chi connectivity index (χ2v) is 3.56. The summed E-state index contributed by atoms with van der Waals surface area (Å²) in [7, 11) is 0. The van der Waals surface area contributed by atoms with Gasteiger partial charge in [-0.1, -0.05) is 0 Å². The Morgan fingerprint density at radius 3 is 2.60 bits per heavy atom. The van der Waals surface area contributed by atoms with E-state index in [1.54, 1.807) is 13.8 Å². The predicted molar refractivity (Wildman–Crippen MR) is 49.9 cm³/mol. The summed E-state index contributed by atoms with van der Waals surface area (Å²) in [5.41, 5.74) is 0. The van der Waals surface area contributed by atoms with Gasteiger partial charge in [0.05, 0.1) is 19.3 Å². The Labute approximate surface area is 88.4 Å². The molecular weight excluding hydrogens is 204 g/mol. The Hall–Kier alpha value is -0.240. The zero-order valence-electron chi connectivity index (χ0n) is 8.87. The minimum atomic E-state index is -1.43. The summed E-state index contributed by atoms with van der Waals surface area (Å²) >= 11 is 0. The average molecular weight is 222 g/mol. The van der Waals surface area contributed by atoms with E-state index < -0.39 is 25.1 Å². The molecule has 0 amide bonds. The Bertz CT molecular complexity index is 187. The maximum absolute atomic E-state index is 9.31. The highest BCUT2D eigenvalue weighted by molar-refractivity contribution is 4.72. The molecule has 0 saturated carbocycles. The van der Waals surface area contributed by atoms with Gasteiger partial charge in [-0.05, 0) is 13.8 Å². The Balaban J connectivity index is 2.37. The smallest absolute Gasteiger partial charge is 0.183 e. The highest BCUT2D eigenvalue weighted by Gasteiger charge is 2.30. The van der Waals surface area contributed by atoms with E-state index in [-0.39, 0.29) is 19.0 Å². The molecule has 0 aromatic rings. The lowest BCUT2D eigenvalue weighted by atomic mass is 10.2. The molecule has 0 bridgehead atoms. The molecule has 0 spiro atoms. The number of ether oxygens (including phenoxy) is 3. The van der Waals surface area contributed by atoms with Crippen LogP contribution in [-0.4, -0.2) is 59.4 Å². The van der Waals surface area contributed by atoms with Crippen molar-refractivity contribution in [3.8, 4) is 0 Å². The standard InChI is InChI=1S/C9H18O6/c1-5-8(4-13-6(2)14-5)15-9(12)7(11)3-10/h5-12H,3-4H2,1-2H3/t5-,6?,7+,8?,9-/m0/s1. The molecule has 15 heavy (non-hydrogen) atoms. The van der Waals surface area contributed by atoms with Gasteiger partial charge in [0.15, 0.2) is 12.6 Å².